The van der Waals surface area contributed by atoms with E-state index in [2.05, 4.69) is 10.6 Å². The maximum atomic E-state index is 12.0. The van der Waals surface area contributed by atoms with E-state index in [1.54, 1.807) is 36.4 Å². The van der Waals surface area contributed by atoms with Crippen molar-refractivity contribution in [3.8, 4) is 11.1 Å². The molecule has 0 aliphatic rings. The summed E-state index contributed by atoms with van der Waals surface area (Å²) < 4.78 is 0. The molecule has 124 valence electrons. The Balaban J connectivity index is 1.61. The summed E-state index contributed by atoms with van der Waals surface area (Å²) in [6.45, 7) is 0. The molecule has 25 heavy (non-hydrogen) atoms. The second-order valence-corrected chi connectivity index (χ2v) is 5.47. The van der Waals surface area contributed by atoms with Crippen LogP contribution in [0.2, 0.25) is 0 Å². The van der Waals surface area contributed by atoms with Crippen LogP contribution < -0.4 is 16.4 Å². The second-order valence-electron chi connectivity index (χ2n) is 5.47. The Morgan fingerprint density at radius 1 is 0.720 bits per heavy atom. The lowest BCUT2D eigenvalue weighted by molar-refractivity contribution is 0.0967. The van der Waals surface area contributed by atoms with E-state index in [0.29, 0.717) is 16.9 Å². The van der Waals surface area contributed by atoms with E-state index in [0.717, 1.165) is 11.1 Å². The highest BCUT2D eigenvalue weighted by atomic mass is 16.2. The number of carbonyl (C=O) groups is 2. The van der Waals surface area contributed by atoms with Gasteiger partial charge < -0.3 is 11.1 Å². The van der Waals surface area contributed by atoms with Crippen molar-refractivity contribution >= 4 is 23.3 Å². The van der Waals surface area contributed by atoms with Crippen LogP contribution in [-0.2, 0) is 0 Å². The maximum absolute atomic E-state index is 12.0. The Hall–Kier alpha value is -3.60. The lowest BCUT2D eigenvalue weighted by atomic mass is 10.1. The number of carbonyl (C=O) groups excluding carboxylic acids is 2. The van der Waals surface area contributed by atoms with Gasteiger partial charge in [-0.15, -0.1) is 0 Å². The number of urea groups is 1. The Morgan fingerprint density at radius 2 is 1.32 bits per heavy atom. The first kappa shape index (κ1) is 16.3. The van der Waals surface area contributed by atoms with Gasteiger partial charge in [0.15, 0.2) is 0 Å². The van der Waals surface area contributed by atoms with Gasteiger partial charge in [0.25, 0.3) is 5.91 Å². The number of imide groups is 1. The molecule has 0 saturated carbocycles. The first-order chi connectivity index (χ1) is 12.1. The molecule has 0 atom stereocenters. The number of benzene rings is 3. The number of nitrogens with two attached hydrogens (primary N) is 1. The molecule has 3 amide bonds. The number of anilines is 2. The fourth-order valence-electron chi connectivity index (χ4n) is 2.35. The molecule has 0 unspecified atom stereocenters. The summed E-state index contributed by atoms with van der Waals surface area (Å²) in [5.74, 6) is -0.488. The van der Waals surface area contributed by atoms with Crippen molar-refractivity contribution in [1.29, 1.82) is 0 Å². The van der Waals surface area contributed by atoms with Crippen molar-refractivity contribution in [2.75, 3.05) is 11.1 Å². The van der Waals surface area contributed by atoms with Gasteiger partial charge in [-0.1, -0.05) is 42.5 Å². The van der Waals surface area contributed by atoms with Crippen molar-refractivity contribution in [2.24, 2.45) is 0 Å². The van der Waals surface area contributed by atoms with Crippen molar-refractivity contribution in [3.05, 3.63) is 84.4 Å². The SMILES string of the molecule is Nc1ccc(C(=O)NC(=O)Nc2ccc(-c3ccccc3)cc2)cc1. The third-order valence-electron chi connectivity index (χ3n) is 3.65. The molecule has 0 heterocycles. The van der Waals surface area contributed by atoms with Crippen LogP contribution in [0.5, 0.6) is 0 Å². The Kier molecular flexibility index (Phi) is 4.76. The molecule has 3 aromatic carbocycles. The zero-order chi connectivity index (χ0) is 17.6. The van der Waals surface area contributed by atoms with Gasteiger partial charge in [-0.3, -0.25) is 10.1 Å². The molecule has 5 heteroatoms. The Bertz CT molecular complexity index is 873. The van der Waals surface area contributed by atoms with Gasteiger partial charge in [-0.25, -0.2) is 4.79 Å². The zero-order valence-corrected chi connectivity index (χ0v) is 13.4. The molecule has 0 aliphatic carbocycles. The van der Waals surface area contributed by atoms with Gasteiger partial charge in [0.2, 0.25) is 0 Å². The summed E-state index contributed by atoms with van der Waals surface area (Å²) in [5.41, 5.74) is 9.23. The van der Waals surface area contributed by atoms with Gasteiger partial charge >= 0.3 is 6.03 Å². The van der Waals surface area contributed by atoms with Crippen LogP contribution in [0.3, 0.4) is 0 Å². The third kappa shape index (κ3) is 4.23. The van der Waals surface area contributed by atoms with E-state index in [9.17, 15) is 9.59 Å². The average molecular weight is 331 g/mol. The normalized spacial score (nSPS) is 10.1. The number of rotatable bonds is 3. The Morgan fingerprint density at radius 3 is 1.96 bits per heavy atom. The molecule has 0 fully saturated rings. The standard InChI is InChI=1S/C20H17N3O2/c21-17-10-6-16(7-11-17)19(24)23-20(25)22-18-12-8-15(9-13-18)14-4-2-1-3-5-14/h1-13H,21H2,(H2,22,23,24,25). The summed E-state index contributed by atoms with van der Waals surface area (Å²) in [7, 11) is 0. The second kappa shape index (κ2) is 7.31. The van der Waals surface area contributed by atoms with E-state index < -0.39 is 11.9 Å². The van der Waals surface area contributed by atoms with Crippen molar-refractivity contribution in [2.45, 2.75) is 0 Å². The van der Waals surface area contributed by atoms with Crippen molar-refractivity contribution in [3.63, 3.8) is 0 Å². The summed E-state index contributed by atoms with van der Waals surface area (Å²) in [5, 5.41) is 4.92. The molecule has 0 aliphatic heterocycles. The van der Waals surface area contributed by atoms with E-state index in [1.807, 2.05) is 42.5 Å². The van der Waals surface area contributed by atoms with Crippen LogP contribution in [-0.4, -0.2) is 11.9 Å². The van der Waals surface area contributed by atoms with Crippen LogP contribution >= 0.6 is 0 Å². The molecule has 0 spiro atoms. The Labute approximate surface area is 145 Å². The van der Waals surface area contributed by atoms with E-state index in [4.69, 9.17) is 5.73 Å². The highest BCUT2D eigenvalue weighted by Crippen LogP contribution is 2.20. The monoisotopic (exact) mass is 331 g/mol. The molecule has 4 N–H and O–H groups in total. The van der Waals surface area contributed by atoms with Gasteiger partial charge in [0.1, 0.15) is 0 Å². The highest BCUT2D eigenvalue weighted by molar-refractivity contribution is 6.08. The fourth-order valence-corrected chi connectivity index (χ4v) is 2.35. The molecule has 0 saturated heterocycles. The van der Waals surface area contributed by atoms with E-state index >= 15 is 0 Å². The molecule has 0 radical (unpaired) electrons. The largest absolute Gasteiger partial charge is 0.399 e. The van der Waals surface area contributed by atoms with Crippen LogP contribution in [0.15, 0.2) is 78.9 Å². The predicted molar refractivity (Wildman–Crippen MR) is 99.2 cm³/mol. The summed E-state index contributed by atoms with van der Waals surface area (Å²) >= 11 is 0. The number of nitrogens with one attached hydrogen (secondary N) is 2. The predicted octanol–water partition coefficient (Wildman–Crippen LogP) is 3.90. The molecular formula is C20H17N3O2. The van der Waals surface area contributed by atoms with E-state index in [1.165, 1.54) is 0 Å². The van der Waals surface area contributed by atoms with Gasteiger partial charge in [-0.2, -0.15) is 0 Å². The number of amides is 3. The number of nitrogen functional groups attached to an aromatic ring is 1. The average Bonchev–Trinajstić information content (AvgIpc) is 2.63. The van der Waals surface area contributed by atoms with Crippen molar-refractivity contribution < 1.29 is 9.59 Å². The molecule has 0 bridgehead atoms. The van der Waals surface area contributed by atoms with Crippen LogP contribution in [0, 0.1) is 0 Å². The number of hydrogen-bond acceptors (Lipinski definition) is 3. The molecule has 3 rings (SSSR count). The third-order valence-corrected chi connectivity index (χ3v) is 3.65. The summed E-state index contributed by atoms with van der Waals surface area (Å²) in [4.78, 5) is 23.9. The molecule has 5 nitrogen and oxygen atoms in total. The van der Waals surface area contributed by atoms with Crippen LogP contribution in [0.4, 0.5) is 16.2 Å². The van der Waals surface area contributed by atoms with Gasteiger partial charge in [0.05, 0.1) is 0 Å². The first-order valence-electron chi connectivity index (χ1n) is 7.75. The van der Waals surface area contributed by atoms with E-state index in [-0.39, 0.29) is 0 Å². The lowest BCUT2D eigenvalue weighted by Crippen LogP contribution is -2.34. The first-order valence-corrected chi connectivity index (χ1v) is 7.75. The van der Waals surface area contributed by atoms with Gasteiger partial charge in [0, 0.05) is 16.9 Å². The van der Waals surface area contributed by atoms with Crippen LogP contribution in [0.1, 0.15) is 10.4 Å². The minimum Gasteiger partial charge on any atom is -0.399 e. The van der Waals surface area contributed by atoms with Crippen molar-refractivity contribution in [1.82, 2.24) is 5.32 Å². The minimum atomic E-state index is -0.589. The maximum Gasteiger partial charge on any atom is 0.326 e. The summed E-state index contributed by atoms with van der Waals surface area (Å²) in [6.07, 6.45) is 0. The fraction of sp³-hybridized carbons (Fsp3) is 0. The van der Waals surface area contributed by atoms with Gasteiger partial charge in [-0.05, 0) is 47.5 Å². The smallest absolute Gasteiger partial charge is 0.326 e. The molecule has 0 aromatic heterocycles. The number of hydrogen-bond donors (Lipinski definition) is 3. The minimum absolute atomic E-state index is 0.365. The highest BCUT2D eigenvalue weighted by Gasteiger charge is 2.10. The summed E-state index contributed by atoms with van der Waals surface area (Å²) in [6, 6.07) is 23.1. The molecular weight excluding hydrogens is 314 g/mol. The topological polar surface area (TPSA) is 84.2 Å². The molecule has 3 aromatic rings. The van der Waals surface area contributed by atoms with Crippen LogP contribution in [0.25, 0.3) is 11.1 Å². The zero-order valence-electron chi connectivity index (χ0n) is 13.4. The lowest BCUT2D eigenvalue weighted by Gasteiger charge is -2.08. The quantitative estimate of drug-likeness (QED) is 0.636.